The molecule has 2 N–H and O–H groups in total. The average Bonchev–Trinajstić information content (AvgIpc) is 2.47. The van der Waals surface area contributed by atoms with Crippen LogP contribution in [-0.2, 0) is 6.42 Å². The largest absolute Gasteiger partial charge is 0.318 e. The van der Waals surface area contributed by atoms with Gasteiger partial charge in [0.15, 0.2) is 5.78 Å². The summed E-state index contributed by atoms with van der Waals surface area (Å²) in [6, 6.07) is 16.7. The fourth-order valence-electron chi connectivity index (χ4n) is 2.16. The van der Waals surface area contributed by atoms with E-state index in [2.05, 4.69) is 6.92 Å². The third-order valence-electron chi connectivity index (χ3n) is 3.19. The summed E-state index contributed by atoms with van der Waals surface area (Å²) in [5.74, 6) is -0.0239. The average molecular weight is 253 g/mol. The van der Waals surface area contributed by atoms with Crippen molar-refractivity contribution in [1.29, 1.82) is 0 Å². The standard InChI is InChI=1S/C17H19NO/c1-2-7-13-8-6-11-15(12-13)17(19)16(18)14-9-4-3-5-10-14/h3-6,8-12,16H,2,7,18H2,1H3. The zero-order valence-corrected chi connectivity index (χ0v) is 11.2. The number of hydrogen-bond donors (Lipinski definition) is 1. The van der Waals surface area contributed by atoms with Crippen molar-refractivity contribution in [1.82, 2.24) is 0 Å². The van der Waals surface area contributed by atoms with Gasteiger partial charge < -0.3 is 5.73 Å². The molecule has 0 radical (unpaired) electrons. The van der Waals surface area contributed by atoms with Crippen LogP contribution in [0.15, 0.2) is 54.6 Å². The maximum Gasteiger partial charge on any atom is 0.184 e. The van der Waals surface area contributed by atoms with Gasteiger partial charge in [0.25, 0.3) is 0 Å². The maximum atomic E-state index is 12.4. The van der Waals surface area contributed by atoms with Crippen LogP contribution in [0.5, 0.6) is 0 Å². The summed E-state index contributed by atoms with van der Waals surface area (Å²) in [5, 5.41) is 0. The maximum absolute atomic E-state index is 12.4. The summed E-state index contributed by atoms with van der Waals surface area (Å²) in [5.41, 5.74) is 8.79. The van der Waals surface area contributed by atoms with Crippen molar-refractivity contribution >= 4 is 5.78 Å². The molecule has 0 aromatic heterocycles. The van der Waals surface area contributed by atoms with Gasteiger partial charge in [0.1, 0.15) is 0 Å². The normalized spacial score (nSPS) is 12.1. The first-order chi connectivity index (χ1) is 9.22. The predicted molar refractivity (Wildman–Crippen MR) is 78.1 cm³/mol. The summed E-state index contributed by atoms with van der Waals surface area (Å²) in [6.45, 7) is 2.13. The first kappa shape index (κ1) is 13.5. The van der Waals surface area contributed by atoms with Crippen LogP contribution in [0.25, 0.3) is 0 Å². The minimum atomic E-state index is -0.585. The van der Waals surface area contributed by atoms with E-state index in [1.807, 2.05) is 54.6 Å². The van der Waals surface area contributed by atoms with Gasteiger partial charge in [0, 0.05) is 5.56 Å². The summed E-state index contributed by atoms with van der Waals surface area (Å²) in [7, 11) is 0. The first-order valence-electron chi connectivity index (χ1n) is 6.66. The Morgan fingerprint density at radius 3 is 2.53 bits per heavy atom. The Balaban J connectivity index is 2.22. The van der Waals surface area contributed by atoms with E-state index in [4.69, 9.17) is 5.73 Å². The van der Waals surface area contributed by atoms with E-state index < -0.39 is 6.04 Å². The third kappa shape index (κ3) is 3.30. The summed E-state index contributed by atoms with van der Waals surface area (Å²) >= 11 is 0. The van der Waals surface area contributed by atoms with Crippen LogP contribution in [0.4, 0.5) is 0 Å². The number of benzene rings is 2. The van der Waals surface area contributed by atoms with Gasteiger partial charge in [-0.25, -0.2) is 0 Å². The fraction of sp³-hybridized carbons (Fsp3) is 0.235. The Labute approximate surface area is 114 Å². The summed E-state index contributed by atoms with van der Waals surface area (Å²) in [4.78, 5) is 12.4. The second-order valence-corrected chi connectivity index (χ2v) is 4.70. The van der Waals surface area contributed by atoms with Gasteiger partial charge in [-0.2, -0.15) is 0 Å². The number of Topliss-reactive ketones (excluding diaryl/α,β-unsaturated/α-hetero) is 1. The van der Waals surface area contributed by atoms with Crippen LogP contribution >= 0.6 is 0 Å². The smallest absolute Gasteiger partial charge is 0.184 e. The van der Waals surface area contributed by atoms with Crippen LogP contribution in [0.1, 0.15) is 40.9 Å². The van der Waals surface area contributed by atoms with Crippen molar-refractivity contribution in [3.05, 3.63) is 71.3 Å². The highest BCUT2D eigenvalue weighted by molar-refractivity contribution is 6.00. The molecule has 1 unspecified atom stereocenters. The molecule has 0 saturated heterocycles. The fourth-order valence-corrected chi connectivity index (χ4v) is 2.16. The molecular weight excluding hydrogens is 234 g/mol. The van der Waals surface area contributed by atoms with Gasteiger partial charge in [0.05, 0.1) is 6.04 Å². The molecule has 2 heteroatoms. The molecule has 19 heavy (non-hydrogen) atoms. The van der Waals surface area contributed by atoms with Gasteiger partial charge in [-0.3, -0.25) is 4.79 Å². The molecule has 2 aromatic carbocycles. The number of rotatable bonds is 5. The molecule has 0 bridgehead atoms. The molecule has 2 nitrogen and oxygen atoms in total. The van der Waals surface area contributed by atoms with Crippen molar-refractivity contribution in [3.63, 3.8) is 0 Å². The Kier molecular flexibility index (Phi) is 4.48. The molecule has 0 aliphatic carbocycles. The summed E-state index contributed by atoms with van der Waals surface area (Å²) < 4.78 is 0. The highest BCUT2D eigenvalue weighted by Crippen LogP contribution is 2.17. The quantitative estimate of drug-likeness (QED) is 0.828. The van der Waals surface area contributed by atoms with Gasteiger partial charge in [-0.1, -0.05) is 61.9 Å². The molecule has 0 aliphatic rings. The number of carbonyl (C=O) groups excluding carboxylic acids is 1. The van der Waals surface area contributed by atoms with Gasteiger partial charge in [-0.05, 0) is 23.6 Å². The number of nitrogens with two attached hydrogens (primary N) is 1. The number of carbonyl (C=O) groups is 1. The Bertz CT molecular complexity index is 548. The molecule has 0 fully saturated rings. The molecule has 0 saturated carbocycles. The molecular formula is C17H19NO. The van der Waals surface area contributed by atoms with Crippen molar-refractivity contribution in [3.8, 4) is 0 Å². The Morgan fingerprint density at radius 2 is 1.84 bits per heavy atom. The molecule has 2 rings (SSSR count). The third-order valence-corrected chi connectivity index (χ3v) is 3.19. The zero-order valence-electron chi connectivity index (χ0n) is 11.2. The molecule has 0 amide bonds. The van der Waals surface area contributed by atoms with E-state index in [1.54, 1.807) is 0 Å². The lowest BCUT2D eigenvalue weighted by molar-refractivity contribution is 0.0961. The monoisotopic (exact) mass is 253 g/mol. The molecule has 98 valence electrons. The van der Waals surface area contributed by atoms with E-state index in [1.165, 1.54) is 5.56 Å². The molecule has 2 aromatic rings. The second kappa shape index (κ2) is 6.30. The van der Waals surface area contributed by atoms with Crippen LogP contribution in [0.3, 0.4) is 0 Å². The van der Waals surface area contributed by atoms with E-state index in [-0.39, 0.29) is 5.78 Å². The minimum Gasteiger partial charge on any atom is -0.318 e. The molecule has 0 spiro atoms. The van der Waals surface area contributed by atoms with Gasteiger partial charge in [0.2, 0.25) is 0 Å². The topological polar surface area (TPSA) is 43.1 Å². The van der Waals surface area contributed by atoms with E-state index in [9.17, 15) is 4.79 Å². The van der Waals surface area contributed by atoms with Crippen molar-refractivity contribution in [2.45, 2.75) is 25.8 Å². The zero-order chi connectivity index (χ0) is 13.7. The predicted octanol–water partition coefficient (Wildman–Crippen LogP) is 3.52. The SMILES string of the molecule is CCCc1cccc(C(=O)C(N)c2ccccc2)c1. The van der Waals surface area contributed by atoms with Crippen molar-refractivity contribution in [2.75, 3.05) is 0 Å². The van der Waals surface area contributed by atoms with Crippen molar-refractivity contribution in [2.24, 2.45) is 5.73 Å². The molecule has 0 heterocycles. The van der Waals surface area contributed by atoms with E-state index in [0.29, 0.717) is 5.56 Å². The van der Waals surface area contributed by atoms with Gasteiger partial charge >= 0.3 is 0 Å². The van der Waals surface area contributed by atoms with E-state index in [0.717, 1.165) is 18.4 Å². The number of hydrogen-bond acceptors (Lipinski definition) is 2. The van der Waals surface area contributed by atoms with E-state index >= 15 is 0 Å². The second-order valence-electron chi connectivity index (χ2n) is 4.70. The molecule has 0 aliphatic heterocycles. The lowest BCUT2D eigenvalue weighted by Gasteiger charge is -2.11. The van der Waals surface area contributed by atoms with Crippen LogP contribution in [0, 0.1) is 0 Å². The van der Waals surface area contributed by atoms with Crippen LogP contribution in [0.2, 0.25) is 0 Å². The van der Waals surface area contributed by atoms with Gasteiger partial charge in [-0.15, -0.1) is 0 Å². The number of ketones is 1. The van der Waals surface area contributed by atoms with Crippen LogP contribution in [-0.4, -0.2) is 5.78 Å². The number of aryl methyl sites for hydroxylation is 1. The summed E-state index contributed by atoms with van der Waals surface area (Å²) in [6.07, 6.45) is 2.06. The highest BCUT2D eigenvalue weighted by atomic mass is 16.1. The lowest BCUT2D eigenvalue weighted by atomic mass is 9.96. The minimum absolute atomic E-state index is 0.0239. The first-order valence-corrected chi connectivity index (χ1v) is 6.66. The Hall–Kier alpha value is -1.93. The molecule has 1 atom stereocenters. The Morgan fingerprint density at radius 1 is 1.11 bits per heavy atom. The highest BCUT2D eigenvalue weighted by Gasteiger charge is 2.17. The van der Waals surface area contributed by atoms with Crippen molar-refractivity contribution < 1.29 is 4.79 Å². The van der Waals surface area contributed by atoms with Crippen LogP contribution < -0.4 is 5.73 Å². The lowest BCUT2D eigenvalue weighted by Crippen LogP contribution is -2.21.